The summed E-state index contributed by atoms with van der Waals surface area (Å²) in [4.78, 5) is 11.1. The number of ether oxygens (including phenoxy) is 3. The van der Waals surface area contributed by atoms with Gasteiger partial charge in [0.1, 0.15) is 5.75 Å². The average molecular weight is 346 g/mol. The van der Waals surface area contributed by atoms with Crippen LogP contribution in [0.3, 0.4) is 0 Å². The van der Waals surface area contributed by atoms with Crippen LogP contribution in [0.25, 0.3) is 5.57 Å². The Morgan fingerprint density at radius 3 is 2.46 bits per heavy atom. The minimum Gasteiger partial charge on any atom is -0.481 e. The lowest BCUT2D eigenvalue weighted by atomic mass is 9.87. The molecule has 0 spiro atoms. The van der Waals surface area contributed by atoms with Crippen LogP contribution >= 0.6 is 0 Å². The lowest BCUT2D eigenvalue weighted by Crippen LogP contribution is -2.47. The molecule has 8 heteroatoms. The molecule has 0 saturated heterocycles. The standard InChI is InChI=1S/C16H17F3O5/c1-22-8-15(9-23-2)7-10(5-14(20)21)12-4-3-11(16(17,18)19)6-13(12)24-15/h3-6H,7-9H2,1-2H3,(H,20,21)/b10-5+. The number of rotatable bonds is 5. The number of aliphatic carboxylic acids is 1. The van der Waals surface area contributed by atoms with Crippen LogP contribution < -0.4 is 4.74 Å². The molecule has 5 nitrogen and oxygen atoms in total. The SMILES string of the molecule is COCC1(COC)C/C(=C\C(=O)O)c2ccc(C(F)(F)F)cc2O1. The third kappa shape index (κ3) is 3.88. The van der Waals surface area contributed by atoms with E-state index in [1.807, 2.05) is 0 Å². The first-order valence-corrected chi connectivity index (χ1v) is 7.03. The third-order valence-electron chi connectivity index (χ3n) is 3.61. The Kier molecular flexibility index (Phi) is 5.19. The summed E-state index contributed by atoms with van der Waals surface area (Å²) in [6.07, 6.45) is -3.42. The van der Waals surface area contributed by atoms with Gasteiger partial charge in [-0.1, -0.05) is 6.07 Å². The Balaban J connectivity index is 2.57. The van der Waals surface area contributed by atoms with Gasteiger partial charge in [0.25, 0.3) is 0 Å². The fraction of sp³-hybridized carbons (Fsp3) is 0.438. The number of halogens is 3. The van der Waals surface area contributed by atoms with Gasteiger partial charge in [-0.2, -0.15) is 13.2 Å². The van der Waals surface area contributed by atoms with Gasteiger partial charge in [0.15, 0.2) is 5.60 Å². The van der Waals surface area contributed by atoms with Crippen LogP contribution in [0.4, 0.5) is 13.2 Å². The minimum absolute atomic E-state index is 0.0352. The molecule has 24 heavy (non-hydrogen) atoms. The summed E-state index contributed by atoms with van der Waals surface area (Å²) in [5.74, 6) is -1.24. The Labute approximate surface area is 136 Å². The fourth-order valence-corrected chi connectivity index (χ4v) is 2.77. The molecule has 0 aromatic heterocycles. The van der Waals surface area contributed by atoms with Crippen molar-refractivity contribution in [2.75, 3.05) is 27.4 Å². The maximum absolute atomic E-state index is 12.9. The maximum Gasteiger partial charge on any atom is 0.416 e. The molecule has 0 radical (unpaired) electrons. The number of hydrogen-bond donors (Lipinski definition) is 1. The van der Waals surface area contributed by atoms with Gasteiger partial charge in [-0.25, -0.2) is 4.79 Å². The summed E-state index contributed by atoms with van der Waals surface area (Å²) in [7, 11) is 2.84. The summed E-state index contributed by atoms with van der Waals surface area (Å²) >= 11 is 0. The minimum atomic E-state index is -4.53. The van der Waals surface area contributed by atoms with Crippen molar-refractivity contribution in [2.24, 2.45) is 0 Å². The van der Waals surface area contributed by atoms with Gasteiger partial charge in [0.2, 0.25) is 0 Å². The van der Waals surface area contributed by atoms with Crippen LogP contribution in [0.1, 0.15) is 17.5 Å². The predicted molar refractivity (Wildman–Crippen MR) is 78.8 cm³/mol. The van der Waals surface area contributed by atoms with E-state index in [2.05, 4.69) is 0 Å². The maximum atomic E-state index is 12.9. The molecule has 1 aromatic rings. The van der Waals surface area contributed by atoms with E-state index in [9.17, 15) is 18.0 Å². The lowest BCUT2D eigenvalue weighted by molar-refractivity contribution is -0.138. The van der Waals surface area contributed by atoms with Gasteiger partial charge < -0.3 is 19.3 Å². The molecule has 1 aliphatic heterocycles. The van der Waals surface area contributed by atoms with Crippen LogP contribution in [0.5, 0.6) is 5.75 Å². The molecule has 0 unspecified atom stereocenters. The van der Waals surface area contributed by atoms with Gasteiger partial charge in [0.05, 0.1) is 18.8 Å². The largest absolute Gasteiger partial charge is 0.481 e. The molecule has 2 rings (SSSR count). The van der Waals surface area contributed by atoms with Gasteiger partial charge >= 0.3 is 12.1 Å². The molecule has 0 fully saturated rings. The quantitative estimate of drug-likeness (QED) is 0.831. The van der Waals surface area contributed by atoms with Gasteiger partial charge in [0, 0.05) is 32.3 Å². The number of methoxy groups -OCH3 is 2. The van der Waals surface area contributed by atoms with Crippen molar-refractivity contribution in [1.29, 1.82) is 0 Å². The van der Waals surface area contributed by atoms with E-state index in [1.165, 1.54) is 20.3 Å². The highest BCUT2D eigenvalue weighted by Crippen LogP contribution is 2.43. The number of carboxylic acid groups (broad SMARTS) is 1. The number of hydrogen-bond acceptors (Lipinski definition) is 4. The summed E-state index contributed by atoms with van der Waals surface area (Å²) in [6.45, 7) is 0.0704. The molecule has 1 N–H and O–H groups in total. The van der Waals surface area contributed by atoms with Crippen molar-refractivity contribution in [1.82, 2.24) is 0 Å². The number of benzene rings is 1. The van der Waals surface area contributed by atoms with Gasteiger partial charge in [-0.3, -0.25) is 0 Å². The molecule has 0 atom stereocenters. The van der Waals surface area contributed by atoms with Crippen molar-refractivity contribution in [2.45, 2.75) is 18.2 Å². The molecule has 0 bridgehead atoms. The molecule has 1 aromatic carbocycles. The summed E-state index contributed by atoms with van der Waals surface area (Å²) < 4.78 is 54.8. The summed E-state index contributed by atoms with van der Waals surface area (Å²) in [6, 6.07) is 2.98. The van der Waals surface area contributed by atoms with Crippen LogP contribution in [-0.2, 0) is 20.4 Å². The Morgan fingerprint density at radius 1 is 1.33 bits per heavy atom. The van der Waals surface area contributed by atoms with E-state index in [1.54, 1.807) is 0 Å². The van der Waals surface area contributed by atoms with E-state index < -0.39 is 23.3 Å². The number of fused-ring (bicyclic) bond motifs is 1. The van der Waals surface area contributed by atoms with Crippen LogP contribution in [0, 0.1) is 0 Å². The van der Waals surface area contributed by atoms with Gasteiger partial charge in [-0.15, -0.1) is 0 Å². The van der Waals surface area contributed by atoms with Crippen LogP contribution in [-0.4, -0.2) is 44.1 Å². The number of alkyl halides is 3. The van der Waals surface area contributed by atoms with E-state index >= 15 is 0 Å². The summed E-state index contributed by atoms with van der Waals surface area (Å²) in [5.41, 5.74) is -1.30. The Hall–Kier alpha value is -2.06. The zero-order chi connectivity index (χ0) is 18.0. The first-order valence-electron chi connectivity index (χ1n) is 7.03. The Bertz CT molecular complexity index is 646. The molecule has 1 heterocycles. The second-order valence-corrected chi connectivity index (χ2v) is 5.54. The lowest BCUT2D eigenvalue weighted by Gasteiger charge is -2.39. The molecule has 132 valence electrons. The predicted octanol–water partition coefficient (Wildman–Crippen LogP) is 2.99. The van der Waals surface area contributed by atoms with Crippen molar-refractivity contribution in [3.63, 3.8) is 0 Å². The Morgan fingerprint density at radius 2 is 1.96 bits per heavy atom. The van der Waals surface area contributed by atoms with Gasteiger partial charge in [-0.05, 0) is 17.7 Å². The van der Waals surface area contributed by atoms with E-state index in [4.69, 9.17) is 19.3 Å². The highest BCUT2D eigenvalue weighted by atomic mass is 19.4. The second-order valence-electron chi connectivity index (χ2n) is 5.54. The van der Waals surface area contributed by atoms with Crippen molar-refractivity contribution in [3.8, 4) is 5.75 Å². The zero-order valence-electron chi connectivity index (χ0n) is 13.1. The third-order valence-corrected chi connectivity index (χ3v) is 3.61. The smallest absolute Gasteiger partial charge is 0.416 e. The topological polar surface area (TPSA) is 65.0 Å². The first-order chi connectivity index (χ1) is 11.2. The highest BCUT2D eigenvalue weighted by Gasteiger charge is 2.41. The number of carboxylic acids is 1. The normalized spacial score (nSPS) is 18.1. The number of carbonyl (C=O) groups is 1. The zero-order valence-corrected chi connectivity index (χ0v) is 13.1. The molecular weight excluding hydrogens is 329 g/mol. The molecule has 1 aliphatic rings. The van der Waals surface area contributed by atoms with Crippen molar-refractivity contribution in [3.05, 3.63) is 35.4 Å². The van der Waals surface area contributed by atoms with Crippen molar-refractivity contribution >= 4 is 11.5 Å². The van der Waals surface area contributed by atoms with Crippen LogP contribution in [0.2, 0.25) is 0 Å². The second kappa shape index (κ2) is 6.82. The average Bonchev–Trinajstić information content (AvgIpc) is 2.45. The molecule has 0 aliphatic carbocycles. The molecule has 0 amide bonds. The molecular formula is C16H17F3O5. The van der Waals surface area contributed by atoms with E-state index in [0.29, 0.717) is 11.1 Å². The van der Waals surface area contributed by atoms with E-state index in [0.717, 1.165) is 18.2 Å². The summed E-state index contributed by atoms with van der Waals surface area (Å²) in [5, 5.41) is 9.05. The first kappa shape index (κ1) is 18.3. The molecule has 0 saturated carbocycles. The monoisotopic (exact) mass is 346 g/mol. The van der Waals surface area contributed by atoms with Crippen molar-refractivity contribution < 1.29 is 37.3 Å². The fourth-order valence-electron chi connectivity index (χ4n) is 2.77. The van der Waals surface area contributed by atoms with Crippen LogP contribution in [0.15, 0.2) is 24.3 Å². The van der Waals surface area contributed by atoms with E-state index in [-0.39, 0.29) is 25.4 Å². The highest BCUT2D eigenvalue weighted by molar-refractivity contribution is 5.91.